The van der Waals surface area contributed by atoms with E-state index in [1.54, 1.807) is 18.2 Å². The standard InChI is InChI=1S/C19H17Cl2N3O2/c20-14-2-4-18(25)17(9-14)23-19(26)12-5-7-24(8-6-12)15-3-1-13(11-22)16(21)10-15/h1-4,9-10,12,25H,5-8H2,(H,23,26). The highest BCUT2D eigenvalue weighted by Gasteiger charge is 2.26. The Kier molecular flexibility index (Phi) is 5.55. The van der Waals surface area contributed by atoms with Gasteiger partial charge in [-0.15, -0.1) is 0 Å². The minimum Gasteiger partial charge on any atom is -0.506 e. The normalized spacial score (nSPS) is 14.7. The van der Waals surface area contributed by atoms with Gasteiger partial charge in [-0.1, -0.05) is 23.2 Å². The van der Waals surface area contributed by atoms with E-state index in [0.717, 1.165) is 5.69 Å². The molecule has 0 radical (unpaired) electrons. The second kappa shape index (κ2) is 7.86. The summed E-state index contributed by atoms with van der Waals surface area (Å²) in [6.07, 6.45) is 1.37. The van der Waals surface area contributed by atoms with Crippen LogP contribution in [0.15, 0.2) is 36.4 Å². The molecule has 134 valence electrons. The van der Waals surface area contributed by atoms with Gasteiger partial charge in [0.25, 0.3) is 0 Å². The molecule has 3 rings (SSSR count). The Balaban J connectivity index is 1.61. The summed E-state index contributed by atoms with van der Waals surface area (Å²) >= 11 is 12.0. The van der Waals surface area contributed by atoms with Crippen LogP contribution in [0.5, 0.6) is 5.75 Å². The predicted octanol–water partition coefficient (Wildman–Crippen LogP) is 4.43. The van der Waals surface area contributed by atoms with E-state index in [-0.39, 0.29) is 17.6 Å². The van der Waals surface area contributed by atoms with Gasteiger partial charge in [-0.05, 0) is 49.2 Å². The third-order valence-corrected chi connectivity index (χ3v) is 5.07. The van der Waals surface area contributed by atoms with Crippen LogP contribution in [0.2, 0.25) is 10.0 Å². The zero-order chi connectivity index (χ0) is 18.7. The van der Waals surface area contributed by atoms with Gasteiger partial charge in [-0.3, -0.25) is 4.79 Å². The van der Waals surface area contributed by atoms with Crippen molar-refractivity contribution < 1.29 is 9.90 Å². The number of aromatic hydroxyl groups is 1. The van der Waals surface area contributed by atoms with Crippen LogP contribution < -0.4 is 10.2 Å². The topological polar surface area (TPSA) is 76.4 Å². The molecular formula is C19H17Cl2N3O2. The molecule has 1 saturated heterocycles. The van der Waals surface area contributed by atoms with Crippen LogP contribution >= 0.6 is 23.2 Å². The van der Waals surface area contributed by atoms with Gasteiger partial charge in [0.1, 0.15) is 11.8 Å². The molecule has 0 atom stereocenters. The van der Waals surface area contributed by atoms with E-state index in [0.29, 0.717) is 47.2 Å². The van der Waals surface area contributed by atoms with Gasteiger partial charge < -0.3 is 15.3 Å². The van der Waals surface area contributed by atoms with E-state index in [9.17, 15) is 9.90 Å². The zero-order valence-electron chi connectivity index (χ0n) is 13.9. The molecule has 26 heavy (non-hydrogen) atoms. The van der Waals surface area contributed by atoms with Crippen molar-refractivity contribution in [1.29, 1.82) is 5.26 Å². The quantitative estimate of drug-likeness (QED) is 0.761. The fourth-order valence-electron chi connectivity index (χ4n) is 3.03. The average Bonchev–Trinajstić information content (AvgIpc) is 2.64. The van der Waals surface area contributed by atoms with Crippen LogP contribution in [0.3, 0.4) is 0 Å². The van der Waals surface area contributed by atoms with E-state index < -0.39 is 0 Å². The number of phenolic OH excluding ortho intramolecular Hbond substituents is 1. The minimum absolute atomic E-state index is 0.00703. The lowest BCUT2D eigenvalue weighted by molar-refractivity contribution is -0.120. The van der Waals surface area contributed by atoms with Crippen molar-refractivity contribution in [3.05, 3.63) is 52.0 Å². The molecule has 2 aromatic rings. The Bertz CT molecular complexity index is 872. The number of rotatable bonds is 3. The lowest BCUT2D eigenvalue weighted by Gasteiger charge is -2.33. The van der Waals surface area contributed by atoms with Crippen LogP contribution in [0.4, 0.5) is 11.4 Å². The molecule has 1 aliphatic heterocycles. The van der Waals surface area contributed by atoms with Crippen LogP contribution in [-0.2, 0) is 4.79 Å². The fourth-order valence-corrected chi connectivity index (χ4v) is 3.42. The third kappa shape index (κ3) is 4.04. The highest BCUT2D eigenvalue weighted by molar-refractivity contribution is 6.32. The Morgan fingerprint density at radius 3 is 2.58 bits per heavy atom. The number of carbonyl (C=O) groups excluding carboxylic acids is 1. The first-order valence-corrected chi connectivity index (χ1v) is 8.97. The monoisotopic (exact) mass is 389 g/mol. The molecule has 1 amide bonds. The minimum atomic E-state index is -0.140. The van der Waals surface area contributed by atoms with Crippen LogP contribution in [0, 0.1) is 17.2 Å². The molecule has 0 saturated carbocycles. The number of carbonyl (C=O) groups is 1. The van der Waals surface area contributed by atoms with Crippen molar-refractivity contribution in [3.63, 3.8) is 0 Å². The van der Waals surface area contributed by atoms with E-state index >= 15 is 0 Å². The predicted molar refractivity (Wildman–Crippen MR) is 103 cm³/mol. The number of phenols is 1. The van der Waals surface area contributed by atoms with Crippen LogP contribution in [0.1, 0.15) is 18.4 Å². The number of anilines is 2. The highest BCUT2D eigenvalue weighted by Crippen LogP contribution is 2.30. The molecule has 0 unspecified atom stereocenters. The Labute approximate surface area is 161 Å². The number of halogens is 2. The molecule has 1 aliphatic rings. The van der Waals surface area contributed by atoms with Crippen molar-refractivity contribution >= 4 is 40.5 Å². The summed E-state index contributed by atoms with van der Waals surface area (Å²) in [5.41, 5.74) is 1.72. The smallest absolute Gasteiger partial charge is 0.227 e. The average molecular weight is 390 g/mol. The number of amides is 1. The zero-order valence-corrected chi connectivity index (χ0v) is 15.4. The van der Waals surface area contributed by atoms with Gasteiger partial charge in [0.05, 0.1) is 16.3 Å². The molecule has 0 aliphatic carbocycles. The summed E-state index contributed by atoms with van der Waals surface area (Å²) < 4.78 is 0. The number of nitriles is 1. The lowest BCUT2D eigenvalue weighted by Crippen LogP contribution is -2.38. The summed E-state index contributed by atoms with van der Waals surface area (Å²) in [5.74, 6) is -0.272. The first-order valence-electron chi connectivity index (χ1n) is 8.22. The number of nitrogens with one attached hydrogen (secondary N) is 1. The van der Waals surface area contributed by atoms with Gasteiger partial charge >= 0.3 is 0 Å². The van der Waals surface area contributed by atoms with Crippen LogP contribution in [-0.4, -0.2) is 24.1 Å². The van der Waals surface area contributed by atoms with E-state index in [2.05, 4.69) is 10.2 Å². The van der Waals surface area contributed by atoms with Gasteiger partial charge in [0.15, 0.2) is 0 Å². The number of piperidine rings is 1. The molecule has 0 aromatic heterocycles. The lowest BCUT2D eigenvalue weighted by atomic mass is 9.95. The summed E-state index contributed by atoms with van der Waals surface area (Å²) in [4.78, 5) is 14.6. The Hall–Kier alpha value is -2.42. The highest BCUT2D eigenvalue weighted by atomic mass is 35.5. The summed E-state index contributed by atoms with van der Waals surface area (Å²) in [7, 11) is 0. The maximum absolute atomic E-state index is 12.5. The van der Waals surface area contributed by atoms with Crippen molar-refractivity contribution in [2.75, 3.05) is 23.3 Å². The Morgan fingerprint density at radius 2 is 1.92 bits per heavy atom. The molecule has 7 heteroatoms. The van der Waals surface area contributed by atoms with E-state index in [1.807, 2.05) is 12.1 Å². The maximum Gasteiger partial charge on any atom is 0.227 e. The number of nitrogens with zero attached hydrogens (tertiary/aromatic N) is 2. The molecule has 1 fully saturated rings. The number of benzene rings is 2. The van der Waals surface area contributed by atoms with Crippen LogP contribution in [0.25, 0.3) is 0 Å². The summed E-state index contributed by atoms with van der Waals surface area (Å²) in [6.45, 7) is 1.42. The molecule has 0 spiro atoms. The van der Waals surface area contributed by atoms with Crippen molar-refractivity contribution in [2.45, 2.75) is 12.8 Å². The largest absolute Gasteiger partial charge is 0.506 e. The van der Waals surface area contributed by atoms with Gasteiger partial charge in [0.2, 0.25) is 5.91 Å². The summed E-state index contributed by atoms with van der Waals surface area (Å²) in [5, 5.41) is 22.4. The third-order valence-electron chi connectivity index (χ3n) is 4.52. The van der Waals surface area contributed by atoms with Gasteiger partial charge in [0, 0.05) is 29.7 Å². The molecule has 1 heterocycles. The van der Waals surface area contributed by atoms with Crippen molar-refractivity contribution in [3.8, 4) is 11.8 Å². The Morgan fingerprint density at radius 1 is 1.19 bits per heavy atom. The molecule has 0 bridgehead atoms. The summed E-state index contributed by atoms with van der Waals surface area (Å²) in [6, 6.07) is 12.0. The fraction of sp³-hybridized carbons (Fsp3) is 0.263. The van der Waals surface area contributed by atoms with Crippen molar-refractivity contribution in [2.24, 2.45) is 5.92 Å². The molecule has 5 nitrogen and oxygen atoms in total. The second-order valence-electron chi connectivity index (χ2n) is 6.19. The van der Waals surface area contributed by atoms with Gasteiger partial charge in [-0.2, -0.15) is 5.26 Å². The SMILES string of the molecule is N#Cc1ccc(N2CCC(C(=O)Nc3cc(Cl)ccc3O)CC2)cc1Cl. The van der Waals surface area contributed by atoms with E-state index in [4.69, 9.17) is 28.5 Å². The second-order valence-corrected chi connectivity index (χ2v) is 7.03. The first kappa shape index (κ1) is 18.4. The molecular weight excluding hydrogens is 373 g/mol. The first-order chi connectivity index (χ1) is 12.5. The molecule has 2 N–H and O–H groups in total. The maximum atomic E-state index is 12.5. The molecule has 2 aromatic carbocycles. The van der Waals surface area contributed by atoms with E-state index in [1.165, 1.54) is 12.1 Å². The number of hydrogen-bond donors (Lipinski definition) is 2. The van der Waals surface area contributed by atoms with Gasteiger partial charge in [-0.25, -0.2) is 0 Å². The number of hydrogen-bond acceptors (Lipinski definition) is 4. The van der Waals surface area contributed by atoms with Crippen molar-refractivity contribution in [1.82, 2.24) is 0 Å².